The van der Waals surface area contributed by atoms with E-state index in [4.69, 9.17) is 11.6 Å². The summed E-state index contributed by atoms with van der Waals surface area (Å²) < 4.78 is 0. The van der Waals surface area contributed by atoms with Crippen LogP contribution >= 0.6 is 11.6 Å². The van der Waals surface area contributed by atoms with E-state index in [0.29, 0.717) is 30.2 Å². The van der Waals surface area contributed by atoms with Gasteiger partial charge in [-0.25, -0.2) is 4.98 Å². The Labute approximate surface area is 112 Å². The van der Waals surface area contributed by atoms with Gasteiger partial charge < -0.3 is 10.0 Å². The summed E-state index contributed by atoms with van der Waals surface area (Å²) in [5.74, 6) is 0.136. The van der Waals surface area contributed by atoms with Crippen molar-refractivity contribution in [3.05, 3.63) is 28.5 Å². The molecule has 1 aliphatic rings. The van der Waals surface area contributed by atoms with E-state index >= 15 is 0 Å². The molecule has 0 spiro atoms. The van der Waals surface area contributed by atoms with Gasteiger partial charge in [0.15, 0.2) is 0 Å². The molecule has 4 nitrogen and oxygen atoms in total. The minimum atomic E-state index is -0.407. The number of nitrogens with zero attached hydrogens (tertiary/aromatic N) is 2. The number of amides is 1. The largest absolute Gasteiger partial charge is 0.391 e. The molecular formula is C13H17ClN2O2. The number of carbonyl (C=O) groups excluding carboxylic acids is 1. The number of aliphatic hydroxyl groups is 1. The molecular weight excluding hydrogens is 252 g/mol. The minimum Gasteiger partial charge on any atom is -0.391 e. The predicted molar refractivity (Wildman–Crippen MR) is 69.9 cm³/mol. The number of pyridine rings is 1. The molecule has 2 rings (SSSR count). The summed E-state index contributed by atoms with van der Waals surface area (Å²) in [7, 11) is 0. The van der Waals surface area contributed by atoms with Gasteiger partial charge in [-0.05, 0) is 24.5 Å². The van der Waals surface area contributed by atoms with E-state index in [-0.39, 0.29) is 11.8 Å². The topological polar surface area (TPSA) is 53.4 Å². The summed E-state index contributed by atoms with van der Waals surface area (Å²) in [6.45, 7) is 5.01. The van der Waals surface area contributed by atoms with Crippen LogP contribution < -0.4 is 0 Å². The third-order valence-electron chi connectivity index (χ3n) is 3.10. The highest BCUT2D eigenvalue weighted by molar-refractivity contribution is 6.29. The van der Waals surface area contributed by atoms with E-state index in [9.17, 15) is 9.90 Å². The molecule has 5 heteroatoms. The number of rotatable bonds is 2. The van der Waals surface area contributed by atoms with Crippen LogP contribution in [-0.4, -0.2) is 40.1 Å². The molecule has 2 heterocycles. The molecule has 0 unspecified atom stereocenters. The maximum Gasteiger partial charge on any atom is 0.254 e. The van der Waals surface area contributed by atoms with Gasteiger partial charge >= 0.3 is 0 Å². The van der Waals surface area contributed by atoms with Crippen molar-refractivity contribution in [3.63, 3.8) is 0 Å². The van der Waals surface area contributed by atoms with E-state index < -0.39 is 6.10 Å². The summed E-state index contributed by atoms with van der Waals surface area (Å²) in [4.78, 5) is 18.1. The Kier molecular flexibility index (Phi) is 3.88. The van der Waals surface area contributed by atoms with E-state index in [1.807, 2.05) is 13.8 Å². The van der Waals surface area contributed by atoms with Crippen LogP contribution in [0.3, 0.4) is 0 Å². The third-order valence-corrected chi connectivity index (χ3v) is 3.30. The second-order valence-electron chi connectivity index (χ2n) is 4.95. The van der Waals surface area contributed by atoms with Crippen LogP contribution in [0.2, 0.25) is 5.15 Å². The summed E-state index contributed by atoms with van der Waals surface area (Å²) in [5, 5.41) is 9.80. The molecule has 1 aliphatic heterocycles. The van der Waals surface area contributed by atoms with Gasteiger partial charge in [0.05, 0.1) is 6.10 Å². The van der Waals surface area contributed by atoms with Gasteiger partial charge in [-0.1, -0.05) is 25.4 Å². The third kappa shape index (κ3) is 2.82. The first-order valence-corrected chi connectivity index (χ1v) is 6.50. The van der Waals surface area contributed by atoms with Gasteiger partial charge in [-0.15, -0.1) is 0 Å². The molecule has 0 bridgehead atoms. The van der Waals surface area contributed by atoms with Crippen LogP contribution in [0.25, 0.3) is 0 Å². The average molecular weight is 269 g/mol. The lowest BCUT2D eigenvalue weighted by Crippen LogP contribution is -2.29. The lowest BCUT2D eigenvalue weighted by atomic mass is 10.1. The van der Waals surface area contributed by atoms with Gasteiger partial charge in [0.25, 0.3) is 5.91 Å². The van der Waals surface area contributed by atoms with Gasteiger partial charge in [0.2, 0.25) is 0 Å². The molecule has 1 aromatic rings. The SMILES string of the molecule is CC(C)c1cc(C(=O)N2CC[C@@H](O)C2)cc(Cl)n1. The molecule has 0 aliphatic carbocycles. The minimum absolute atomic E-state index is 0.0854. The van der Waals surface area contributed by atoms with Crippen molar-refractivity contribution in [2.45, 2.75) is 32.3 Å². The van der Waals surface area contributed by atoms with Crippen molar-refractivity contribution in [1.29, 1.82) is 0 Å². The Morgan fingerprint density at radius 3 is 2.83 bits per heavy atom. The van der Waals surface area contributed by atoms with E-state index in [1.54, 1.807) is 17.0 Å². The monoisotopic (exact) mass is 268 g/mol. The fourth-order valence-corrected chi connectivity index (χ4v) is 2.26. The zero-order valence-electron chi connectivity index (χ0n) is 10.6. The zero-order chi connectivity index (χ0) is 13.3. The number of hydrogen-bond donors (Lipinski definition) is 1. The van der Waals surface area contributed by atoms with Crippen molar-refractivity contribution in [3.8, 4) is 0 Å². The Morgan fingerprint density at radius 1 is 1.56 bits per heavy atom. The van der Waals surface area contributed by atoms with Crippen molar-refractivity contribution < 1.29 is 9.90 Å². The zero-order valence-corrected chi connectivity index (χ0v) is 11.3. The average Bonchev–Trinajstić information content (AvgIpc) is 2.74. The number of β-amino-alcohol motifs (C(OH)–C–C–N with tert-alkyl or cyclic N) is 1. The number of aromatic nitrogens is 1. The standard InChI is InChI=1S/C13H17ClN2O2/c1-8(2)11-5-9(6-12(14)15-11)13(18)16-4-3-10(17)7-16/h5-6,8,10,17H,3-4,7H2,1-2H3/t10-/m1/s1. The van der Waals surface area contributed by atoms with E-state index in [2.05, 4.69) is 4.98 Å². The summed E-state index contributed by atoms with van der Waals surface area (Å²) in [6.07, 6.45) is 0.234. The normalized spacial score (nSPS) is 19.6. The van der Waals surface area contributed by atoms with Crippen LogP contribution in [0.15, 0.2) is 12.1 Å². The van der Waals surface area contributed by atoms with Gasteiger partial charge in [-0.2, -0.15) is 0 Å². The first-order valence-electron chi connectivity index (χ1n) is 6.12. The Morgan fingerprint density at radius 2 is 2.28 bits per heavy atom. The lowest BCUT2D eigenvalue weighted by Gasteiger charge is -2.16. The highest BCUT2D eigenvalue weighted by atomic mass is 35.5. The number of aliphatic hydroxyl groups excluding tert-OH is 1. The maximum absolute atomic E-state index is 12.2. The maximum atomic E-state index is 12.2. The highest BCUT2D eigenvalue weighted by Crippen LogP contribution is 2.20. The van der Waals surface area contributed by atoms with Crippen LogP contribution in [0, 0.1) is 0 Å². The molecule has 1 aromatic heterocycles. The first kappa shape index (κ1) is 13.3. The van der Waals surface area contributed by atoms with Crippen molar-refractivity contribution in [2.75, 3.05) is 13.1 Å². The lowest BCUT2D eigenvalue weighted by molar-refractivity contribution is 0.0764. The molecule has 1 atom stereocenters. The quantitative estimate of drug-likeness (QED) is 0.836. The second kappa shape index (κ2) is 5.24. The molecule has 1 amide bonds. The molecule has 0 aromatic carbocycles. The van der Waals surface area contributed by atoms with Crippen molar-refractivity contribution in [2.24, 2.45) is 0 Å². The Bertz CT molecular complexity index is 462. The van der Waals surface area contributed by atoms with Crippen LogP contribution in [0.4, 0.5) is 0 Å². The molecule has 1 fully saturated rings. The van der Waals surface area contributed by atoms with Crippen LogP contribution in [-0.2, 0) is 0 Å². The van der Waals surface area contributed by atoms with E-state index in [1.165, 1.54) is 0 Å². The van der Waals surface area contributed by atoms with Gasteiger partial charge in [-0.3, -0.25) is 4.79 Å². The second-order valence-corrected chi connectivity index (χ2v) is 5.34. The molecule has 0 radical (unpaired) electrons. The number of hydrogen-bond acceptors (Lipinski definition) is 3. The van der Waals surface area contributed by atoms with E-state index in [0.717, 1.165) is 5.69 Å². The Hall–Kier alpha value is -1.13. The molecule has 0 saturated carbocycles. The van der Waals surface area contributed by atoms with Gasteiger partial charge in [0.1, 0.15) is 5.15 Å². The van der Waals surface area contributed by atoms with Crippen LogP contribution in [0.5, 0.6) is 0 Å². The first-order chi connectivity index (χ1) is 8.47. The highest BCUT2D eigenvalue weighted by Gasteiger charge is 2.26. The number of likely N-dealkylation sites (tertiary alicyclic amines) is 1. The smallest absolute Gasteiger partial charge is 0.254 e. The molecule has 1 N–H and O–H groups in total. The van der Waals surface area contributed by atoms with Crippen molar-refractivity contribution in [1.82, 2.24) is 9.88 Å². The number of halogens is 1. The summed E-state index contributed by atoms with van der Waals surface area (Å²) in [6, 6.07) is 3.37. The predicted octanol–water partition coefficient (Wildman–Crippen LogP) is 2.07. The van der Waals surface area contributed by atoms with Gasteiger partial charge in [0, 0.05) is 24.3 Å². The summed E-state index contributed by atoms with van der Waals surface area (Å²) >= 11 is 5.94. The molecule has 1 saturated heterocycles. The molecule has 98 valence electrons. The fourth-order valence-electron chi connectivity index (χ4n) is 2.05. The van der Waals surface area contributed by atoms with Crippen molar-refractivity contribution >= 4 is 17.5 Å². The van der Waals surface area contributed by atoms with Crippen LogP contribution in [0.1, 0.15) is 42.2 Å². The fraction of sp³-hybridized carbons (Fsp3) is 0.538. The molecule has 18 heavy (non-hydrogen) atoms. The Balaban J connectivity index is 2.24. The number of carbonyl (C=O) groups is 1. The summed E-state index contributed by atoms with van der Waals surface area (Å²) in [5.41, 5.74) is 1.36.